The Labute approximate surface area is 134 Å². The number of aliphatic hydroxyl groups is 1. The number of rotatable bonds is 6. The van der Waals surface area contributed by atoms with E-state index >= 15 is 0 Å². The fourth-order valence-corrected chi connectivity index (χ4v) is 2.32. The van der Waals surface area contributed by atoms with Gasteiger partial charge in [-0.05, 0) is 30.7 Å². The molecule has 2 rings (SSSR count). The fraction of sp³-hybridized carbons (Fsp3) is 0.235. The van der Waals surface area contributed by atoms with Crippen molar-refractivity contribution in [3.8, 4) is 0 Å². The molecule has 0 spiro atoms. The molecule has 0 aliphatic carbocycles. The summed E-state index contributed by atoms with van der Waals surface area (Å²) < 4.78 is 4.91. The Morgan fingerprint density at radius 2 is 1.95 bits per heavy atom. The summed E-state index contributed by atoms with van der Waals surface area (Å²) in [7, 11) is 0. The Morgan fingerprint density at radius 1 is 1.23 bits per heavy atom. The smallest absolute Gasteiger partial charge is 0.337 e. The molecule has 2 aromatic carbocycles. The number of halogens is 1. The van der Waals surface area contributed by atoms with Crippen LogP contribution >= 0.6 is 11.6 Å². The first-order valence-corrected chi connectivity index (χ1v) is 7.41. The van der Waals surface area contributed by atoms with Crippen LogP contribution in [0.4, 0.5) is 5.69 Å². The van der Waals surface area contributed by atoms with Crippen molar-refractivity contribution in [2.45, 2.75) is 19.1 Å². The standard InChI is InChI=1S/C17H18ClNO3/c1-2-22-17(21)16(20)15(12-7-4-3-5-8-12)19-14-10-6-9-13(18)11-14/h3-11,15-16,19-20H,2H2,1H3/t15-,16+/m0/s1. The molecule has 4 nitrogen and oxygen atoms in total. The highest BCUT2D eigenvalue weighted by Crippen LogP contribution is 2.25. The summed E-state index contributed by atoms with van der Waals surface area (Å²) in [4.78, 5) is 11.9. The minimum Gasteiger partial charge on any atom is -0.464 e. The van der Waals surface area contributed by atoms with E-state index in [-0.39, 0.29) is 6.61 Å². The Morgan fingerprint density at radius 3 is 2.59 bits per heavy atom. The summed E-state index contributed by atoms with van der Waals surface area (Å²) in [5, 5.41) is 14.0. The van der Waals surface area contributed by atoms with Gasteiger partial charge in [-0.1, -0.05) is 48.0 Å². The third-order valence-corrected chi connectivity index (χ3v) is 3.38. The Hall–Kier alpha value is -2.04. The van der Waals surface area contributed by atoms with Gasteiger partial charge in [0.2, 0.25) is 0 Å². The lowest BCUT2D eigenvalue weighted by atomic mass is 10.0. The molecule has 0 saturated carbocycles. The molecular formula is C17H18ClNO3. The number of hydrogen-bond donors (Lipinski definition) is 2. The van der Waals surface area contributed by atoms with Gasteiger partial charge in [-0.15, -0.1) is 0 Å². The monoisotopic (exact) mass is 319 g/mol. The van der Waals surface area contributed by atoms with Crippen molar-refractivity contribution in [3.63, 3.8) is 0 Å². The average Bonchev–Trinajstić information content (AvgIpc) is 2.53. The maximum atomic E-state index is 11.9. The van der Waals surface area contributed by atoms with Gasteiger partial charge in [-0.3, -0.25) is 0 Å². The van der Waals surface area contributed by atoms with Crippen molar-refractivity contribution in [1.29, 1.82) is 0 Å². The average molecular weight is 320 g/mol. The Kier molecular flexibility index (Phi) is 5.81. The first-order chi connectivity index (χ1) is 10.6. The van der Waals surface area contributed by atoms with E-state index in [1.165, 1.54) is 0 Å². The van der Waals surface area contributed by atoms with Crippen LogP contribution in [0.2, 0.25) is 5.02 Å². The van der Waals surface area contributed by atoms with Crippen molar-refractivity contribution in [2.75, 3.05) is 11.9 Å². The molecular weight excluding hydrogens is 302 g/mol. The molecule has 0 aliphatic rings. The number of benzene rings is 2. The summed E-state index contributed by atoms with van der Waals surface area (Å²) in [6.45, 7) is 1.92. The van der Waals surface area contributed by atoms with Gasteiger partial charge in [0.1, 0.15) is 0 Å². The summed E-state index contributed by atoms with van der Waals surface area (Å²) in [6, 6.07) is 15.7. The van der Waals surface area contributed by atoms with Crippen LogP contribution in [0.1, 0.15) is 18.5 Å². The summed E-state index contributed by atoms with van der Waals surface area (Å²) in [5.41, 5.74) is 1.49. The van der Waals surface area contributed by atoms with Crippen molar-refractivity contribution >= 4 is 23.3 Å². The van der Waals surface area contributed by atoms with E-state index < -0.39 is 18.1 Å². The lowest BCUT2D eigenvalue weighted by molar-refractivity contribution is -0.153. The van der Waals surface area contributed by atoms with Gasteiger partial charge in [-0.25, -0.2) is 4.79 Å². The predicted octanol–water partition coefficient (Wildman–Crippen LogP) is 3.42. The highest BCUT2D eigenvalue weighted by Gasteiger charge is 2.28. The quantitative estimate of drug-likeness (QED) is 0.801. The number of carbonyl (C=O) groups is 1. The molecule has 0 unspecified atom stereocenters. The topological polar surface area (TPSA) is 58.6 Å². The van der Waals surface area contributed by atoms with E-state index in [0.717, 1.165) is 5.56 Å². The van der Waals surface area contributed by atoms with Gasteiger partial charge < -0.3 is 15.2 Å². The summed E-state index contributed by atoms with van der Waals surface area (Å²) >= 11 is 5.97. The normalized spacial score (nSPS) is 13.2. The van der Waals surface area contributed by atoms with E-state index in [0.29, 0.717) is 10.7 Å². The number of aliphatic hydroxyl groups excluding tert-OH is 1. The van der Waals surface area contributed by atoms with Gasteiger partial charge in [0.15, 0.2) is 6.10 Å². The predicted molar refractivity (Wildman–Crippen MR) is 86.9 cm³/mol. The zero-order valence-electron chi connectivity index (χ0n) is 12.2. The number of nitrogens with one attached hydrogen (secondary N) is 1. The first-order valence-electron chi connectivity index (χ1n) is 7.03. The lowest BCUT2D eigenvalue weighted by Gasteiger charge is -2.24. The molecule has 2 N–H and O–H groups in total. The number of hydrogen-bond acceptors (Lipinski definition) is 4. The molecule has 116 valence electrons. The van der Waals surface area contributed by atoms with Crippen molar-refractivity contribution in [1.82, 2.24) is 0 Å². The molecule has 0 aromatic heterocycles. The third-order valence-electron chi connectivity index (χ3n) is 3.15. The molecule has 0 aliphatic heterocycles. The minimum absolute atomic E-state index is 0.217. The molecule has 0 saturated heterocycles. The van der Waals surface area contributed by atoms with Crippen molar-refractivity contribution in [3.05, 3.63) is 65.2 Å². The van der Waals surface area contributed by atoms with E-state index in [9.17, 15) is 9.90 Å². The zero-order chi connectivity index (χ0) is 15.9. The lowest BCUT2D eigenvalue weighted by Crippen LogP contribution is -2.34. The highest BCUT2D eigenvalue weighted by atomic mass is 35.5. The number of ether oxygens (including phenoxy) is 1. The van der Waals surface area contributed by atoms with E-state index in [1.54, 1.807) is 25.1 Å². The van der Waals surface area contributed by atoms with Crippen LogP contribution in [0, 0.1) is 0 Å². The molecule has 0 fully saturated rings. The number of carbonyl (C=O) groups excluding carboxylic acids is 1. The molecule has 5 heteroatoms. The van der Waals surface area contributed by atoms with Crippen LogP contribution in [-0.4, -0.2) is 23.8 Å². The number of esters is 1. The van der Waals surface area contributed by atoms with E-state index in [2.05, 4.69) is 5.32 Å². The van der Waals surface area contributed by atoms with Crippen molar-refractivity contribution < 1.29 is 14.6 Å². The highest BCUT2D eigenvalue weighted by molar-refractivity contribution is 6.30. The number of anilines is 1. The maximum Gasteiger partial charge on any atom is 0.337 e. The second-order valence-corrected chi connectivity index (χ2v) is 5.18. The fourth-order valence-electron chi connectivity index (χ4n) is 2.13. The van der Waals surface area contributed by atoms with Crippen molar-refractivity contribution in [2.24, 2.45) is 0 Å². The molecule has 22 heavy (non-hydrogen) atoms. The molecule has 0 amide bonds. The van der Waals surface area contributed by atoms with Gasteiger partial charge in [0.05, 0.1) is 12.6 Å². The van der Waals surface area contributed by atoms with Gasteiger partial charge in [0.25, 0.3) is 0 Å². The van der Waals surface area contributed by atoms with Gasteiger partial charge >= 0.3 is 5.97 Å². The zero-order valence-corrected chi connectivity index (χ0v) is 13.0. The summed E-state index contributed by atoms with van der Waals surface area (Å²) in [6.07, 6.45) is -1.32. The SMILES string of the molecule is CCOC(=O)[C@H](O)[C@@H](Nc1cccc(Cl)c1)c1ccccc1. The van der Waals surface area contributed by atoms with E-state index in [4.69, 9.17) is 16.3 Å². The van der Waals surface area contributed by atoms with Crippen LogP contribution in [0.3, 0.4) is 0 Å². The van der Waals surface area contributed by atoms with Crippen LogP contribution < -0.4 is 5.32 Å². The largest absolute Gasteiger partial charge is 0.464 e. The second kappa shape index (κ2) is 7.82. The Balaban J connectivity index is 2.27. The van der Waals surface area contributed by atoms with Crippen LogP contribution in [0.5, 0.6) is 0 Å². The van der Waals surface area contributed by atoms with Crippen LogP contribution in [-0.2, 0) is 9.53 Å². The summed E-state index contributed by atoms with van der Waals surface area (Å²) in [5.74, 6) is -0.661. The maximum absolute atomic E-state index is 11.9. The van der Waals surface area contributed by atoms with Gasteiger partial charge in [0, 0.05) is 10.7 Å². The first kappa shape index (κ1) is 16.3. The third kappa shape index (κ3) is 4.23. The molecule has 0 heterocycles. The van der Waals surface area contributed by atoms with Crippen LogP contribution in [0.15, 0.2) is 54.6 Å². The minimum atomic E-state index is -1.32. The van der Waals surface area contributed by atoms with E-state index in [1.807, 2.05) is 36.4 Å². The van der Waals surface area contributed by atoms with Crippen LogP contribution in [0.25, 0.3) is 0 Å². The molecule has 2 aromatic rings. The molecule has 0 radical (unpaired) electrons. The Bertz CT molecular complexity index is 618. The molecule has 2 atom stereocenters. The second-order valence-electron chi connectivity index (χ2n) is 4.74. The van der Waals surface area contributed by atoms with Gasteiger partial charge in [-0.2, -0.15) is 0 Å². The molecule has 0 bridgehead atoms.